The highest BCUT2D eigenvalue weighted by Gasteiger charge is 2.38. The summed E-state index contributed by atoms with van der Waals surface area (Å²) in [5.41, 5.74) is -0.669. The quantitative estimate of drug-likeness (QED) is 0.651. The number of amides is 3. The number of hydrogen-bond acceptors (Lipinski definition) is 3. The van der Waals surface area contributed by atoms with Crippen LogP contribution in [0.1, 0.15) is 46.0 Å². The van der Waals surface area contributed by atoms with E-state index in [1.165, 1.54) is 4.90 Å². The Hall–Kier alpha value is -1.79. The Morgan fingerprint density at radius 1 is 1.19 bits per heavy atom. The number of carbonyl (C=O) groups is 3. The van der Waals surface area contributed by atoms with E-state index in [0.717, 1.165) is 12.8 Å². The predicted molar refractivity (Wildman–Crippen MR) is 77.9 cm³/mol. The molecule has 0 unspecified atom stereocenters. The highest BCUT2D eigenvalue weighted by Crippen LogP contribution is 2.32. The van der Waals surface area contributed by atoms with Gasteiger partial charge in [-0.05, 0) is 26.7 Å². The van der Waals surface area contributed by atoms with Crippen molar-refractivity contribution >= 4 is 17.9 Å². The second-order valence-electron chi connectivity index (χ2n) is 5.46. The van der Waals surface area contributed by atoms with Crippen molar-refractivity contribution in [3.05, 3.63) is 0 Å². The number of urea groups is 1. The maximum absolute atomic E-state index is 12.3. The van der Waals surface area contributed by atoms with E-state index in [2.05, 4.69) is 10.6 Å². The molecule has 7 heteroatoms. The third-order valence-electron chi connectivity index (χ3n) is 3.80. The van der Waals surface area contributed by atoms with Gasteiger partial charge in [-0.15, -0.1) is 0 Å². The Bertz CT molecular complexity index is 392. The standard InChI is InChI=1S/C14H25N3O4/c1-3-15-11(18)10-17(4-2)13(21)16-14(9-12(19)20)7-5-6-8-14/h3-10H2,1-2H3,(H,15,18)(H,16,21)(H,19,20). The molecule has 0 atom stereocenters. The van der Waals surface area contributed by atoms with Crippen molar-refractivity contribution in [3.63, 3.8) is 0 Å². The van der Waals surface area contributed by atoms with E-state index in [-0.39, 0.29) is 24.9 Å². The molecule has 1 fully saturated rings. The molecule has 1 aliphatic carbocycles. The molecular weight excluding hydrogens is 274 g/mol. The van der Waals surface area contributed by atoms with Crippen LogP contribution >= 0.6 is 0 Å². The molecule has 1 rings (SSSR count). The lowest BCUT2D eigenvalue weighted by molar-refractivity contribution is -0.138. The summed E-state index contributed by atoms with van der Waals surface area (Å²) in [4.78, 5) is 36.3. The first-order valence-corrected chi connectivity index (χ1v) is 7.48. The molecule has 0 aliphatic heterocycles. The van der Waals surface area contributed by atoms with E-state index >= 15 is 0 Å². The van der Waals surface area contributed by atoms with Crippen LogP contribution in [0.25, 0.3) is 0 Å². The first kappa shape index (κ1) is 17.3. The maximum atomic E-state index is 12.3. The lowest BCUT2D eigenvalue weighted by atomic mass is 9.93. The zero-order chi connectivity index (χ0) is 15.9. The lowest BCUT2D eigenvalue weighted by Gasteiger charge is -2.32. The molecule has 1 aliphatic rings. The molecule has 0 spiro atoms. The SMILES string of the molecule is CCNC(=O)CN(CC)C(=O)NC1(CC(=O)O)CCCC1. The average molecular weight is 299 g/mol. The van der Waals surface area contributed by atoms with Crippen LogP contribution in [0, 0.1) is 0 Å². The third-order valence-corrected chi connectivity index (χ3v) is 3.80. The Morgan fingerprint density at radius 3 is 2.29 bits per heavy atom. The molecule has 0 bridgehead atoms. The number of carbonyl (C=O) groups excluding carboxylic acids is 2. The molecule has 0 heterocycles. The van der Waals surface area contributed by atoms with Crippen molar-refractivity contribution in [3.8, 4) is 0 Å². The fourth-order valence-electron chi connectivity index (χ4n) is 2.75. The van der Waals surface area contributed by atoms with E-state index < -0.39 is 11.5 Å². The molecule has 120 valence electrons. The number of carboxylic acids is 1. The monoisotopic (exact) mass is 299 g/mol. The number of nitrogens with zero attached hydrogens (tertiary/aromatic N) is 1. The fraction of sp³-hybridized carbons (Fsp3) is 0.786. The number of likely N-dealkylation sites (N-methyl/N-ethyl adjacent to an activating group) is 2. The van der Waals surface area contributed by atoms with Gasteiger partial charge in [-0.1, -0.05) is 12.8 Å². The number of aliphatic carboxylic acids is 1. The van der Waals surface area contributed by atoms with Crippen LogP contribution in [0.4, 0.5) is 4.79 Å². The van der Waals surface area contributed by atoms with Crippen molar-refractivity contribution in [2.75, 3.05) is 19.6 Å². The Morgan fingerprint density at radius 2 is 1.81 bits per heavy atom. The molecule has 21 heavy (non-hydrogen) atoms. The van der Waals surface area contributed by atoms with Crippen LogP contribution < -0.4 is 10.6 Å². The highest BCUT2D eigenvalue weighted by molar-refractivity contribution is 5.84. The van der Waals surface area contributed by atoms with Crippen LogP contribution in [0.5, 0.6) is 0 Å². The summed E-state index contributed by atoms with van der Waals surface area (Å²) in [5, 5.41) is 14.5. The molecular formula is C14H25N3O4. The zero-order valence-electron chi connectivity index (χ0n) is 12.8. The van der Waals surface area contributed by atoms with Crippen LogP contribution in [0.15, 0.2) is 0 Å². The smallest absolute Gasteiger partial charge is 0.318 e. The molecule has 0 aromatic carbocycles. The molecule has 1 saturated carbocycles. The maximum Gasteiger partial charge on any atom is 0.318 e. The van der Waals surface area contributed by atoms with Gasteiger partial charge in [0.25, 0.3) is 0 Å². The molecule has 0 aromatic heterocycles. The van der Waals surface area contributed by atoms with Gasteiger partial charge in [-0.3, -0.25) is 9.59 Å². The summed E-state index contributed by atoms with van der Waals surface area (Å²) in [6.45, 7) is 4.50. The number of nitrogens with one attached hydrogen (secondary N) is 2. The van der Waals surface area contributed by atoms with E-state index in [0.29, 0.717) is 25.9 Å². The number of carboxylic acid groups (broad SMARTS) is 1. The normalized spacial score (nSPS) is 16.3. The van der Waals surface area contributed by atoms with E-state index in [9.17, 15) is 14.4 Å². The van der Waals surface area contributed by atoms with Gasteiger partial charge in [0.1, 0.15) is 6.54 Å². The zero-order valence-corrected chi connectivity index (χ0v) is 12.8. The molecule has 3 N–H and O–H groups in total. The topological polar surface area (TPSA) is 98.7 Å². The van der Waals surface area contributed by atoms with Crippen molar-refractivity contribution in [1.29, 1.82) is 0 Å². The number of rotatable bonds is 7. The van der Waals surface area contributed by atoms with Gasteiger partial charge in [-0.2, -0.15) is 0 Å². The van der Waals surface area contributed by atoms with E-state index in [1.807, 2.05) is 6.92 Å². The van der Waals surface area contributed by atoms with Gasteiger partial charge < -0.3 is 20.6 Å². The van der Waals surface area contributed by atoms with Crippen molar-refractivity contribution < 1.29 is 19.5 Å². The highest BCUT2D eigenvalue weighted by atomic mass is 16.4. The summed E-state index contributed by atoms with van der Waals surface area (Å²) in [6.07, 6.45) is 3.09. The Labute approximate surface area is 125 Å². The summed E-state index contributed by atoms with van der Waals surface area (Å²) in [7, 11) is 0. The van der Waals surface area contributed by atoms with Gasteiger partial charge >= 0.3 is 12.0 Å². The molecule has 7 nitrogen and oxygen atoms in total. The summed E-state index contributed by atoms with van der Waals surface area (Å²) in [6, 6.07) is -0.369. The second kappa shape index (κ2) is 7.85. The average Bonchev–Trinajstić information content (AvgIpc) is 2.83. The third kappa shape index (κ3) is 5.24. The Kier molecular flexibility index (Phi) is 6.45. The van der Waals surface area contributed by atoms with Gasteiger partial charge in [0.2, 0.25) is 5.91 Å². The van der Waals surface area contributed by atoms with E-state index in [1.54, 1.807) is 6.92 Å². The molecule has 3 amide bonds. The molecule has 0 saturated heterocycles. The van der Waals surface area contributed by atoms with Crippen molar-refractivity contribution in [2.45, 2.75) is 51.5 Å². The van der Waals surface area contributed by atoms with Gasteiger partial charge in [0.15, 0.2) is 0 Å². The van der Waals surface area contributed by atoms with Crippen LogP contribution in [0.3, 0.4) is 0 Å². The lowest BCUT2D eigenvalue weighted by Crippen LogP contribution is -2.54. The second-order valence-corrected chi connectivity index (χ2v) is 5.46. The molecule has 0 radical (unpaired) electrons. The first-order valence-electron chi connectivity index (χ1n) is 7.48. The predicted octanol–water partition coefficient (Wildman–Crippen LogP) is 0.941. The summed E-state index contributed by atoms with van der Waals surface area (Å²) in [5.74, 6) is -1.13. The minimum Gasteiger partial charge on any atom is -0.481 e. The van der Waals surface area contributed by atoms with Crippen LogP contribution in [-0.2, 0) is 9.59 Å². The number of hydrogen-bond donors (Lipinski definition) is 3. The van der Waals surface area contributed by atoms with Crippen molar-refractivity contribution in [1.82, 2.24) is 15.5 Å². The largest absolute Gasteiger partial charge is 0.481 e. The van der Waals surface area contributed by atoms with Gasteiger partial charge in [-0.25, -0.2) is 4.79 Å². The van der Waals surface area contributed by atoms with Crippen LogP contribution in [0.2, 0.25) is 0 Å². The minimum absolute atomic E-state index is 0.0146. The van der Waals surface area contributed by atoms with Gasteiger partial charge in [0.05, 0.1) is 12.0 Å². The minimum atomic E-state index is -0.913. The summed E-state index contributed by atoms with van der Waals surface area (Å²) < 4.78 is 0. The van der Waals surface area contributed by atoms with E-state index in [4.69, 9.17) is 5.11 Å². The fourth-order valence-corrected chi connectivity index (χ4v) is 2.75. The summed E-state index contributed by atoms with van der Waals surface area (Å²) >= 11 is 0. The van der Waals surface area contributed by atoms with Crippen molar-refractivity contribution in [2.24, 2.45) is 0 Å². The van der Waals surface area contributed by atoms with Crippen LogP contribution in [-0.4, -0.2) is 53.1 Å². The first-order chi connectivity index (χ1) is 9.92. The molecule has 0 aromatic rings. The van der Waals surface area contributed by atoms with Gasteiger partial charge in [0, 0.05) is 13.1 Å². The Balaban J connectivity index is 2.66.